The van der Waals surface area contributed by atoms with Crippen molar-refractivity contribution in [3.8, 4) is 0 Å². The zero-order chi connectivity index (χ0) is 19.0. The Hall–Kier alpha value is -1.15. The first-order valence-electron chi connectivity index (χ1n) is 9.41. The summed E-state index contributed by atoms with van der Waals surface area (Å²) in [6.07, 6.45) is 0.274. The second kappa shape index (κ2) is 10.3. The van der Waals surface area contributed by atoms with Gasteiger partial charge in [-0.2, -0.15) is 0 Å². The van der Waals surface area contributed by atoms with E-state index in [-0.39, 0.29) is 11.7 Å². The number of ether oxygens (including phenoxy) is 2. The summed E-state index contributed by atoms with van der Waals surface area (Å²) >= 11 is 1.81. The molecule has 0 saturated carbocycles. The fourth-order valence-electron chi connectivity index (χ4n) is 2.89. The van der Waals surface area contributed by atoms with Gasteiger partial charge < -0.3 is 20.1 Å². The normalized spacial score (nSPS) is 20.8. The van der Waals surface area contributed by atoms with Crippen LogP contribution in [0, 0.1) is 0 Å². The predicted octanol–water partition coefficient (Wildman–Crippen LogP) is 2.49. The van der Waals surface area contributed by atoms with E-state index in [0.717, 1.165) is 38.7 Å². The maximum atomic E-state index is 5.72. The van der Waals surface area contributed by atoms with Crippen LogP contribution in [0.1, 0.15) is 38.6 Å². The molecule has 2 heterocycles. The first kappa shape index (κ1) is 21.2. The standard InChI is InChI=1S/C19H34N4O2S/c1-6-20-18(22-14-19(3,4)24-5)21-12-16(17-8-7-11-26-17)23-9-10-25-15(2)13-23/h7-8,11,15-16H,6,9-10,12-14H2,1-5H3,(H2,20,21,22). The van der Waals surface area contributed by atoms with Gasteiger partial charge in [0.1, 0.15) is 0 Å². The third-order valence-corrected chi connectivity index (χ3v) is 5.54. The van der Waals surface area contributed by atoms with Crippen LogP contribution in [0.25, 0.3) is 0 Å². The summed E-state index contributed by atoms with van der Waals surface area (Å²) in [7, 11) is 1.72. The monoisotopic (exact) mass is 382 g/mol. The number of methoxy groups -OCH3 is 1. The molecule has 148 valence electrons. The van der Waals surface area contributed by atoms with Crippen LogP contribution >= 0.6 is 11.3 Å². The average Bonchev–Trinajstić information content (AvgIpc) is 3.14. The van der Waals surface area contributed by atoms with Crippen LogP contribution in [-0.2, 0) is 9.47 Å². The van der Waals surface area contributed by atoms with E-state index in [4.69, 9.17) is 14.5 Å². The van der Waals surface area contributed by atoms with Gasteiger partial charge in [-0.25, -0.2) is 0 Å². The molecule has 0 aromatic carbocycles. The molecule has 26 heavy (non-hydrogen) atoms. The van der Waals surface area contributed by atoms with Crippen molar-refractivity contribution >= 4 is 17.3 Å². The second-order valence-electron chi connectivity index (χ2n) is 7.25. The summed E-state index contributed by atoms with van der Waals surface area (Å²) in [6.45, 7) is 13.3. The number of nitrogens with one attached hydrogen (secondary N) is 2. The molecule has 7 heteroatoms. The van der Waals surface area contributed by atoms with Gasteiger partial charge in [0.2, 0.25) is 0 Å². The largest absolute Gasteiger partial charge is 0.377 e. The van der Waals surface area contributed by atoms with Gasteiger partial charge in [0, 0.05) is 38.2 Å². The minimum atomic E-state index is -0.269. The molecule has 2 rings (SSSR count). The predicted molar refractivity (Wildman–Crippen MR) is 109 cm³/mol. The summed E-state index contributed by atoms with van der Waals surface area (Å²) in [5.74, 6) is 0.834. The molecule has 1 aliphatic rings. The Morgan fingerprint density at radius 1 is 1.50 bits per heavy atom. The number of nitrogens with zero attached hydrogens (tertiary/aromatic N) is 2. The van der Waals surface area contributed by atoms with Gasteiger partial charge >= 0.3 is 0 Å². The van der Waals surface area contributed by atoms with Crippen molar-refractivity contribution < 1.29 is 9.47 Å². The van der Waals surface area contributed by atoms with Crippen molar-refractivity contribution in [3.63, 3.8) is 0 Å². The second-order valence-corrected chi connectivity index (χ2v) is 8.23. The lowest BCUT2D eigenvalue weighted by molar-refractivity contribution is -0.0334. The molecule has 0 aliphatic carbocycles. The zero-order valence-electron chi connectivity index (χ0n) is 16.7. The Morgan fingerprint density at radius 3 is 2.92 bits per heavy atom. The summed E-state index contributed by atoms with van der Waals surface area (Å²) in [6, 6.07) is 4.66. The maximum absolute atomic E-state index is 5.72. The fourth-order valence-corrected chi connectivity index (χ4v) is 3.75. The molecule has 0 amide bonds. The molecule has 1 aliphatic heterocycles. The number of hydrogen-bond donors (Lipinski definition) is 2. The zero-order valence-corrected chi connectivity index (χ0v) is 17.6. The molecule has 0 spiro atoms. The van der Waals surface area contributed by atoms with E-state index in [9.17, 15) is 0 Å². The molecule has 2 N–H and O–H groups in total. The third kappa shape index (κ3) is 6.54. The minimum Gasteiger partial charge on any atom is -0.377 e. The number of guanidine groups is 1. The van der Waals surface area contributed by atoms with Crippen molar-refractivity contribution in [1.29, 1.82) is 0 Å². The number of rotatable bonds is 8. The quantitative estimate of drug-likeness (QED) is 0.534. The van der Waals surface area contributed by atoms with Crippen LogP contribution in [0.4, 0.5) is 0 Å². The van der Waals surface area contributed by atoms with Crippen molar-refractivity contribution in [2.45, 2.75) is 45.4 Å². The average molecular weight is 383 g/mol. The van der Waals surface area contributed by atoms with Gasteiger partial charge in [0.15, 0.2) is 5.96 Å². The Bertz CT molecular complexity index is 548. The molecule has 0 radical (unpaired) electrons. The number of morpholine rings is 1. The van der Waals surface area contributed by atoms with Crippen LogP contribution in [0.3, 0.4) is 0 Å². The van der Waals surface area contributed by atoms with Crippen LogP contribution in [0.2, 0.25) is 0 Å². The molecule has 6 nitrogen and oxygen atoms in total. The molecular weight excluding hydrogens is 348 g/mol. The third-order valence-electron chi connectivity index (χ3n) is 4.56. The smallest absolute Gasteiger partial charge is 0.191 e. The lowest BCUT2D eigenvalue weighted by atomic mass is 10.1. The van der Waals surface area contributed by atoms with E-state index in [0.29, 0.717) is 12.6 Å². The van der Waals surface area contributed by atoms with Gasteiger partial charge in [-0.05, 0) is 39.1 Å². The molecule has 2 unspecified atom stereocenters. The van der Waals surface area contributed by atoms with Crippen LogP contribution in [-0.4, -0.2) is 69.0 Å². The molecular formula is C19H34N4O2S. The lowest BCUT2D eigenvalue weighted by Gasteiger charge is -2.37. The van der Waals surface area contributed by atoms with E-state index in [2.05, 4.69) is 46.9 Å². The summed E-state index contributed by atoms with van der Waals surface area (Å²) in [5, 5.41) is 9.01. The van der Waals surface area contributed by atoms with Crippen molar-refractivity contribution in [2.24, 2.45) is 4.99 Å². The Morgan fingerprint density at radius 2 is 2.31 bits per heavy atom. The topological polar surface area (TPSA) is 58.1 Å². The fraction of sp³-hybridized carbons (Fsp3) is 0.737. The first-order chi connectivity index (χ1) is 12.4. The van der Waals surface area contributed by atoms with Crippen LogP contribution in [0.5, 0.6) is 0 Å². The van der Waals surface area contributed by atoms with E-state index in [1.54, 1.807) is 7.11 Å². The molecule has 1 fully saturated rings. The summed E-state index contributed by atoms with van der Waals surface area (Å²) < 4.78 is 11.2. The maximum Gasteiger partial charge on any atom is 0.191 e. The summed E-state index contributed by atoms with van der Waals surface area (Å²) in [4.78, 5) is 8.58. The van der Waals surface area contributed by atoms with Gasteiger partial charge in [0.05, 0.1) is 30.9 Å². The molecule has 1 saturated heterocycles. The van der Waals surface area contributed by atoms with Gasteiger partial charge in [-0.1, -0.05) is 6.07 Å². The van der Waals surface area contributed by atoms with Crippen LogP contribution < -0.4 is 10.6 Å². The van der Waals surface area contributed by atoms with E-state index < -0.39 is 0 Å². The van der Waals surface area contributed by atoms with Crippen LogP contribution in [0.15, 0.2) is 22.5 Å². The summed E-state index contributed by atoms with van der Waals surface area (Å²) in [5.41, 5.74) is -0.269. The van der Waals surface area contributed by atoms with E-state index >= 15 is 0 Å². The Balaban J connectivity index is 2.05. The molecule has 1 aromatic heterocycles. The highest BCUT2D eigenvalue weighted by molar-refractivity contribution is 7.10. The van der Waals surface area contributed by atoms with E-state index in [1.165, 1.54) is 4.88 Å². The SMILES string of the molecule is CCNC(=NCC(C)(C)OC)NCC(c1cccs1)N1CCOC(C)C1. The van der Waals surface area contributed by atoms with Gasteiger partial charge in [-0.15, -0.1) is 11.3 Å². The highest BCUT2D eigenvalue weighted by atomic mass is 32.1. The Labute approximate surface area is 162 Å². The molecule has 1 aromatic rings. The van der Waals surface area contributed by atoms with Crippen molar-refractivity contribution in [1.82, 2.24) is 15.5 Å². The number of thiophene rings is 1. The highest BCUT2D eigenvalue weighted by Crippen LogP contribution is 2.26. The van der Waals surface area contributed by atoms with Gasteiger partial charge in [0.25, 0.3) is 0 Å². The minimum absolute atomic E-state index is 0.269. The molecule has 2 atom stereocenters. The van der Waals surface area contributed by atoms with E-state index in [1.807, 2.05) is 25.2 Å². The highest BCUT2D eigenvalue weighted by Gasteiger charge is 2.26. The van der Waals surface area contributed by atoms with Crippen molar-refractivity contribution in [2.75, 3.05) is 46.4 Å². The Kier molecular flexibility index (Phi) is 8.34. The first-order valence-corrected chi connectivity index (χ1v) is 10.3. The van der Waals surface area contributed by atoms with Crippen molar-refractivity contribution in [3.05, 3.63) is 22.4 Å². The number of hydrogen-bond acceptors (Lipinski definition) is 5. The number of aliphatic imine (C=N–C) groups is 1. The lowest BCUT2D eigenvalue weighted by Crippen LogP contribution is -2.48. The van der Waals surface area contributed by atoms with Gasteiger partial charge in [-0.3, -0.25) is 9.89 Å². The molecule has 0 bridgehead atoms.